The highest BCUT2D eigenvalue weighted by molar-refractivity contribution is 5.56. The number of methoxy groups -OCH3 is 1. The SMILES string of the molecule is COCCOCCN1CC2C3=C4C5C6=C(C3)CC3CC7CC8CC9CC%10CC%11CC2(C2C4C4C5C5C(C63)C7C3C8C9C6C%10C(C4C6C35)C%112)C1c1cccc(F)c1. The lowest BCUT2D eigenvalue weighted by Gasteiger charge is -2.62. The fourth-order valence-corrected chi connectivity index (χ4v) is 26.3. The highest BCUT2D eigenvalue weighted by Crippen LogP contribution is 2.93. The van der Waals surface area contributed by atoms with Gasteiger partial charge in [0.2, 0.25) is 0 Å². The highest BCUT2D eigenvalue weighted by Gasteiger charge is 2.88. The number of ether oxygens (including phenoxy) is 2. The van der Waals surface area contributed by atoms with Gasteiger partial charge in [-0.3, -0.25) is 4.90 Å². The zero-order valence-electron chi connectivity index (χ0n) is 33.2. The van der Waals surface area contributed by atoms with Crippen molar-refractivity contribution >= 4 is 0 Å². The van der Waals surface area contributed by atoms with Crippen molar-refractivity contribution in [3.05, 3.63) is 57.9 Å². The number of rotatable bonds is 7. The fraction of sp³-hybridized carbons (Fsp3) is 0.808. The Balaban J connectivity index is 0.912. The number of hydrogen-bond acceptors (Lipinski definition) is 3. The van der Waals surface area contributed by atoms with Gasteiger partial charge in [-0.15, -0.1) is 0 Å². The van der Waals surface area contributed by atoms with E-state index in [0.717, 1.165) is 161 Å². The number of nitrogens with zero attached hydrogens (tertiary/aromatic N) is 1. The van der Waals surface area contributed by atoms with Gasteiger partial charge in [-0.2, -0.15) is 0 Å². The van der Waals surface area contributed by atoms with Gasteiger partial charge in [0.05, 0.1) is 19.8 Å². The maximum Gasteiger partial charge on any atom is 0.123 e. The molecule has 28 atom stereocenters. The Bertz CT molecular complexity index is 2140. The molecule has 18 rings (SSSR count). The molecule has 17 aliphatic rings. The van der Waals surface area contributed by atoms with Crippen molar-refractivity contribution in [2.45, 2.75) is 57.4 Å². The molecule has 56 heavy (non-hydrogen) atoms. The summed E-state index contributed by atoms with van der Waals surface area (Å²) in [5, 5.41) is 0. The van der Waals surface area contributed by atoms with Crippen LogP contribution in [0.25, 0.3) is 0 Å². The topological polar surface area (TPSA) is 21.7 Å². The van der Waals surface area contributed by atoms with E-state index in [1.165, 1.54) is 31.4 Å². The minimum absolute atomic E-state index is 0.0231. The summed E-state index contributed by atoms with van der Waals surface area (Å²) in [7, 11) is 1.79. The Labute approximate surface area is 332 Å². The van der Waals surface area contributed by atoms with Gasteiger partial charge in [0.15, 0.2) is 0 Å². The van der Waals surface area contributed by atoms with Gasteiger partial charge < -0.3 is 9.47 Å². The molecule has 28 unspecified atom stereocenters. The summed E-state index contributed by atoms with van der Waals surface area (Å²) in [6.45, 7) is 4.24. The fourth-order valence-electron chi connectivity index (χ4n) is 26.3. The number of likely N-dealkylation sites (tertiary alicyclic amines) is 1. The van der Waals surface area contributed by atoms with Gasteiger partial charge in [0, 0.05) is 43.5 Å². The number of benzene rings is 1. The Kier molecular flexibility index (Phi) is 5.10. The van der Waals surface area contributed by atoms with E-state index in [4.69, 9.17) is 9.47 Å². The molecular formula is C52H60FNO2. The van der Waals surface area contributed by atoms with E-state index in [1.807, 2.05) is 17.2 Å². The molecule has 1 aromatic carbocycles. The highest BCUT2D eigenvalue weighted by atomic mass is 19.1. The van der Waals surface area contributed by atoms with Crippen molar-refractivity contribution in [3.8, 4) is 0 Å². The molecule has 0 N–H and O–H groups in total. The van der Waals surface area contributed by atoms with Crippen LogP contribution in [0.15, 0.2) is 46.6 Å². The van der Waals surface area contributed by atoms with Crippen LogP contribution in [0.2, 0.25) is 0 Å². The van der Waals surface area contributed by atoms with Crippen molar-refractivity contribution in [2.24, 2.45) is 159 Å². The summed E-state index contributed by atoms with van der Waals surface area (Å²) < 4.78 is 27.4. The third-order valence-electron chi connectivity index (χ3n) is 25.1. The van der Waals surface area contributed by atoms with Crippen LogP contribution in [0.1, 0.15) is 63.0 Å². The molecule has 1 spiro atoms. The monoisotopic (exact) mass is 749 g/mol. The van der Waals surface area contributed by atoms with Crippen molar-refractivity contribution < 1.29 is 13.9 Å². The molecule has 3 nitrogen and oxygen atoms in total. The van der Waals surface area contributed by atoms with E-state index in [9.17, 15) is 0 Å². The second-order valence-electron chi connectivity index (χ2n) is 24.8. The smallest absolute Gasteiger partial charge is 0.123 e. The predicted octanol–water partition coefficient (Wildman–Crippen LogP) is 8.78. The summed E-state index contributed by atoms with van der Waals surface area (Å²) in [6.07, 6.45) is 12.4. The maximum atomic E-state index is 15.7. The first-order chi connectivity index (χ1) is 27.7. The average Bonchev–Trinajstić information content (AvgIpc) is 4.05. The standard InChI is InChI=1S/C52H60FNO2/c1-55-7-8-56-6-5-54-18-29-28-16-25-13-22-11-23-10-20-9-21-12-24-14-26-17-52(29,51(54)19-3-2-4-27(53)15-19)50-36(26)41-35(24)40-31(21)30(20)38-34(23)39-32(22)33(25)42-37(28)49(50)48-46(41)44(40)43(38)45(39)47(42)48/h2-4,15,20-24,26,29-32,34-36,38-51H,5-14,16-18H2,1H3. The van der Waals surface area contributed by atoms with Crippen LogP contribution in [0.3, 0.4) is 0 Å². The summed E-state index contributed by atoms with van der Waals surface area (Å²) >= 11 is 0. The molecule has 1 aromatic rings. The van der Waals surface area contributed by atoms with Crippen molar-refractivity contribution in [1.82, 2.24) is 4.90 Å². The van der Waals surface area contributed by atoms with Gasteiger partial charge in [-0.05, 0) is 211 Å². The molecule has 0 aromatic heterocycles. The molecule has 1 saturated heterocycles. The molecule has 0 bridgehead atoms. The van der Waals surface area contributed by atoms with Gasteiger partial charge in [-0.25, -0.2) is 4.39 Å². The lowest BCUT2D eigenvalue weighted by molar-refractivity contribution is -0.149. The first kappa shape index (κ1) is 30.5. The van der Waals surface area contributed by atoms with Crippen molar-refractivity contribution in [3.63, 3.8) is 0 Å². The van der Waals surface area contributed by atoms with Crippen LogP contribution < -0.4 is 0 Å². The van der Waals surface area contributed by atoms with E-state index in [1.54, 1.807) is 45.3 Å². The molecule has 4 heteroatoms. The summed E-state index contributed by atoms with van der Waals surface area (Å²) in [6, 6.07) is 8.49. The Morgan fingerprint density at radius 2 is 1.34 bits per heavy atom. The zero-order valence-corrected chi connectivity index (χ0v) is 33.2. The average molecular weight is 750 g/mol. The van der Waals surface area contributed by atoms with Crippen LogP contribution >= 0.6 is 0 Å². The normalized spacial score (nSPS) is 65.5. The number of allylic oxidation sites excluding steroid dienone is 3. The Morgan fingerprint density at radius 3 is 2.12 bits per heavy atom. The molecule has 1 aliphatic heterocycles. The van der Waals surface area contributed by atoms with E-state index >= 15 is 4.39 Å². The Morgan fingerprint density at radius 1 is 0.679 bits per heavy atom. The Hall–Kier alpha value is -1.49. The molecule has 14 fully saturated rings. The van der Waals surface area contributed by atoms with Gasteiger partial charge in [0.1, 0.15) is 5.82 Å². The van der Waals surface area contributed by atoms with Gasteiger partial charge >= 0.3 is 0 Å². The second-order valence-corrected chi connectivity index (χ2v) is 24.8. The minimum atomic E-state index is -0.0231. The number of fused-ring (bicyclic) bond motifs is 1. The molecule has 16 aliphatic carbocycles. The van der Waals surface area contributed by atoms with E-state index < -0.39 is 0 Å². The number of hydrogen-bond donors (Lipinski definition) is 0. The van der Waals surface area contributed by atoms with E-state index in [-0.39, 0.29) is 11.2 Å². The summed E-state index contributed by atoms with van der Waals surface area (Å²) in [4.78, 5) is 2.92. The molecule has 0 amide bonds. The summed E-state index contributed by atoms with van der Waals surface area (Å²) in [5.74, 6) is 26.5. The minimum Gasteiger partial charge on any atom is -0.382 e. The number of halogens is 1. The van der Waals surface area contributed by atoms with Crippen molar-refractivity contribution in [2.75, 3.05) is 40.0 Å². The van der Waals surface area contributed by atoms with Crippen LogP contribution in [-0.2, 0) is 9.47 Å². The first-order valence-electron chi connectivity index (χ1n) is 24.7. The molecule has 1 heterocycles. The predicted molar refractivity (Wildman–Crippen MR) is 208 cm³/mol. The third kappa shape index (κ3) is 2.81. The molecule has 0 radical (unpaired) electrons. The van der Waals surface area contributed by atoms with Crippen molar-refractivity contribution in [1.29, 1.82) is 0 Å². The lowest BCUT2D eigenvalue weighted by atomic mass is 9.41. The first-order valence-corrected chi connectivity index (χ1v) is 24.7. The molecule has 292 valence electrons. The maximum absolute atomic E-state index is 15.7. The van der Waals surface area contributed by atoms with E-state index in [2.05, 4.69) is 28.2 Å². The van der Waals surface area contributed by atoms with Gasteiger partial charge in [-0.1, -0.05) is 34.4 Å². The molecule has 13 saturated carbocycles. The van der Waals surface area contributed by atoms with Crippen LogP contribution in [0.4, 0.5) is 4.39 Å². The van der Waals surface area contributed by atoms with Crippen LogP contribution in [0, 0.1) is 165 Å². The van der Waals surface area contributed by atoms with Crippen LogP contribution in [-0.4, -0.2) is 44.9 Å². The van der Waals surface area contributed by atoms with Crippen LogP contribution in [0.5, 0.6) is 0 Å². The quantitative estimate of drug-likeness (QED) is 0.206. The second kappa shape index (κ2) is 9.37. The largest absolute Gasteiger partial charge is 0.382 e. The van der Waals surface area contributed by atoms with Gasteiger partial charge in [0.25, 0.3) is 0 Å². The third-order valence-corrected chi connectivity index (χ3v) is 25.1. The van der Waals surface area contributed by atoms with E-state index in [0.29, 0.717) is 25.2 Å². The summed E-state index contributed by atoms with van der Waals surface area (Å²) in [5.41, 5.74) is 9.98. The molecular weight excluding hydrogens is 690 g/mol. The lowest BCUT2D eigenvalue weighted by Crippen LogP contribution is -2.59. The zero-order chi connectivity index (χ0) is 35.6.